The Morgan fingerprint density at radius 1 is 1.00 bits per heavy atom. The lowest BCUT2D eigenvalue weighted by Crippen LogP contribution is -2.08. The second-order valence-electron chi connectivity index (χ2n) is 6.05. The Labute approximate surface area is 153 Å². The molecule has 0 aliphatic heterocycles. The lowest BCUT2D eigenvalue weighted by molar-refractivity contribution is 0.851. The van der Waals surface area contributed by atoms with Crippen molar-refractivity contribution in [3.63, 3.8) is 0 Å². The van der Waals surface area contributed by atoms with Crippen LogP contribution < -0.4 is 10.6 Å². The molecular formula is C21H21N5. The molecule has 1 aromatic heterocycles. The molecule has 5 nitrogen and oxygen atoms in total. The number of aromatic nitrogens is 2. The van der Waals surface area contributed by atoms with E-state index in [4.69, 9.17) is 5.26 Å². The minimum atomic E-state index is 0.608. The van der Waals surface area contributed by atoms with Gasteiger partial charge in [0.2, 0.25) is 5.95 Å². The zero-order chi connectivity index (χ0) is 18.2. The van der Waals surface area contributed by atoms with Gasteiger partial charge in [0.25, 0.3) is 0 Å². The molecule has 3 rings (SSSR count). The summed E-state index contributed by atoms with van der Waals surface area (Å²) >= 11 is 0. The summed E-state index contributed by atoms with van der Waals surface area (Å²) in [6.07, 6.45) is 2.03. The van der Waals surface area contributed by atoms with Gasteiger partial charge >= 0.3 is 0 Å². The van der Waals surface area contributed by atoms with Crippen LogP contribution in [0.25, 0.3) is 0 Å². The van der Waals surface area contributed by atoms with Gasteiger partial charge in [0, 0.05) is 24.0 Å². The van der Waals surface area contributed by atoms with Crippen molar-refractivity contribution in [2.45, 2.75) is 19.8 Å². The molecule has 0 saturated heterocycles. The first kappa shape index (κ1) is 17.4. The highest BCUT2D eigenvalue weighted by molar-refractivity contribution is 5.59. The number of nitrogens with zero attached hydrogens (tertiary/aromatic N) is 3. The molecule has 0 radical (unpaired) electrons. The molecule has 3 aromatic rings. The van der Waals surface area contributed by atoms with Gasteiger partial charge in [0.1, 0.15) is 5.82 Å². The van der Waals surface area contributed by atoms with E-state index in [-0.39, 0.29) is 0 Å². The van der Waals surface area contributed by atoms with Crippen LogP contribution in [-0.2, 0) is 6.42 Å². The zero-order valence-electron chi connectivity index (χ0n) is 14.7. The molecule has 2 aromatic carbocycles. The highest BCUT2D eigenvalue weighted by Gasteiger charge is 2.03. The molecule has 0 atom stereocenters. The second-order valence-corrected chi connectivity index (χ2v) is 6.05. The molecule has 0 bridgehead atoms. The molecular weight excluding hydrogens is 322 g/mol. The average Bonchev–Trinajstić information content (AvgIpc) is 2.66. The van der Waals surface area contributed by atoms with Crippen molar-refractivity contribution >= 4 is 17.5 Å². The number of anilines is 3. The Morgan fingerprint density at radius 3 is 2.65 bits per heavy atom. The summed E-state index contributed by atoms with van der Waals surface area (Å²) in [5.74, 6) is 1.31. The van der Waals surface area contributed by atoms with Crippen molar-refractivity contribution in [3.05, 3.63) is 77.5 Å². The molecule has 0 aliphatic rings. The largest absolute Gasteiger partial charge is 0.354 e. The van der Waals surface area contributed by atoms with Crippen LogP contribution in [0.3, 0.4) is 0 Å². The molecule has 0 aliphatic carbocycles. The van der Waals surface area contributed by atoms with Gasteiger partial charge < -0.3 is 10.6 Å². The Balaban J connectivity index is 1.59. The summed E-state index contributed by atoms with van der Waals surface area (Å²) in [5.41, 5.74) is 3.65. The Bertz CT molecular complexity index is 900. The van der Waals surface area contributed by atoms with Gasteiger partial charge in [-0.15, -0.1) is 0 Å². The number of hydrogen-bond acceptors (Lipinski definition) is 5. The molecule has 0 amide bonds. The average molecular weight is 343 g/mol. The maximum absolute atomic E-state index is 9.01. The third-order valence-electron chi connectivity index (χ3n) is 3.89. The SMILES string of the molecule is Cc1cc(Nc2cccc(C#N)c2)nc(NCCCc2ccccc2)n1. The van der Waals surface area contributed by atoms with Crippen LogP contribution in [0.15, 0.2) is 60.7 Å². The summed E-state index contributed by atoms with van der Waals surface area (Å²) in [6, 6.07) is 21.8. The third kappa shape index (κ3) is 5.05. The van der Waals surface area contributed by atoms with E-state index in [1.807, 2.05) is 31.2 Å². The third-order valence-corrected chi connectivity index (χ3v) is 3.89. The van der Waals surface area contributed by atoms with Gasteiger partial charge in [-0.2, -0.15) is 10.2 Å². The van der Waals surface area contributed by atoms with Crippen molar-refractivity contribution in [2.75, 3.05) is 17.2 Å². The van der Waals surface area contributed by atoms with Crippen molar-refractivity contribution in [3.8, 4) is 6.07 Å². The predicted octanol–water partition coefficient (Wildman–Crippen LogP) is 4.45. The molecule has 26 heavy (non-hydrogen) atoms. The van der Waals surface area contributed by atoms with E-state index >= 15 is 0 Å². The number of nitriles is 1. The fourth-order valence-electron chi connectivity index (χ4n) is 2.66. The maximum atomic E-state index is 9.01. The van der Waals surface area contributed by atoms with Crippen LogP contribution >= 0.6 is 0 Å². The van der Waals surface area contributed by atoms with Crippen LogP contribution in [-0.4, -0.2) is 16.5 Å². The molecule has 0 fully saturated rings. The quantitative estimate of drug-likeness (QED) is 0.620. The van der Waals surface area contributed by atoms with E-state index in [0.717, 1.165) is 30.8 Å². The molecule has 0 unspecified atom stereocenters. The Kier molecular flexibility index (Phi) is 5.79. The lowest BCUT2D eigenvalue weighted by atomic mass is 10.1. The summed E-state index contributed by atoms with van der Waals surface area (Å²) in [6.45, 7) is 2.75. The van der Waals surface area contributed by atoms with Gasteiger partial charge in [0.05, 0.1) is 11.6 Å². The van der Waals surface area contributed by atoms with E-state index in [0.29, 0.717) is 17.3 Å². The van der Waals surface area contributed by atoms with Gasteiger partial charge in [-0.1, -0.05) is 36.4 Å². The first-order valence-electron chi connectivity index (χ1n) is 8.63. The van der Waals surface area contributed by atoms with E-state index < -0.39 is 0 Å². The van der Waals surface area contributed by atoms with Crippen LogP contribution in [0, 0.1) is 18.3 Å². The highest BCUT2D eigenvalue weighted by atomic mass is 15.1. The van der Waals surface area contributed by atoms with Gasteiger partial charge in [-0.05, 0) is 43.5 Å². The number of aryl methyl sites for hydroxylation is 2. The van der Waals surface area contributed by atoms with Crippen LogP contribution in [0.4, 0.5) is 17.5 Å². The van der Waals surface area contributed by atoms with Crippen molar-refractivity contribution < 1.29 is 0 Å². The topological polar surface area (TPSA) is 73.6 Å². The first-order valence-corrected chi connectivity index (χ1v) is 8.63. The van der Waals surface area contributed by atoms with E-state index in [2.05, 4.69) is 50.9 Å². The minimum Gasteiger partial charge on any atom is -0.354 e. The van der Waals surface area contributed by atoms with E-state index in [1.165, 1.54) is 5.56 Å². The fourth-order valence-corrected chi connectivity index (χ4v) is 2.66. The lowest BCUT2D eigenvalue weighted by Gasteiger charge is -2.10. The summed E-state index contributed by atoms with van der Waals surface area (Å²) in [7, 11) is 0. The van der Waals surface area contributed by atoms with E-state index in [1.54, 1.807) is 12.1 Å². The summed E-state index contributed by atoms with van der Waals surface area (Å²) < 4.78 is 0. The Morgan fingerprint density at radius 2 is 1.85 bits per heavy atom. The monoisotopic (exact) mass is 343 g/mol. The summed E-state index contributed by atoms with van der Waals surface area (Å²) in [4.78, 5) is 8.95. The second kappa shape index (κ2) is 8.63. The number of nitrogens with one attached hydrogen (secondary N) is 2. The normalized spacial score (nSPS) is 10.2. The first-order chi connectivity index (χ1) is 12.7. The van der Waals surface area contributed by atoms with Crippen LogP contribution in [0.1, 0.15) is 23.2 Å². The maximum Gasteiger partial charge on any atom is 0.224 e. The highest BCUT2D eigenvalue weighted by Crippen LogP contribution is 2.18. The summed E-state index contributed by atoms with van der Waals surface area (Å²) in [5, 5.41) is 15.5. The minimum absolute atomic E-state index is 0.608. The molecule has 5 heteroatoms. The van der Waals surface area contributed by atoms with Crippen molar-refractivity contribution in [1.82, 2.24) is 9.97 Å². The van der Waals surface area contributed by atoms with E-state index in [9.17, 15) is 0 Å². The van der Waals surface area contributed by atoms with Crippen molar-refractivity contribution in [2.24, 2.45) is 0 Å². The molecule has 0 saturated carbocycles. The molecule has 2 N–H and O–H groups in total. The number of rotatable bonds is 7. The van der Waals surface area contributed by atoms with Crippen LogP contribution in [0.2, 0.25) is 0 Å². The standard InChI is InChI=1S/C21H21N5/c1-16-13-20(25-19-11-5-9-18(14-19)15-22)26-21(24-16)23-12-6-10-17-7-3-2-4-8-17/h2-5,7-9,11,13-14H,6,10,12H2,1H3,(H2,23,24,25,26). The number of hydrogen-bond donors (Lipinski definition) is 2. The predicted molar refractivity (Wildman–Crippen MR) is 104 cm³/mol. The molecule has 130 valence electrons. The van der Waals surface area contributed by atoms with Gasteiger partial charge in [0.15, 0.2) is 0 Å². The zero-order valence-corrected chi connectivity index (χ0v) is 14.7. The Hall–Kier alpha value is -3.39. The molecule has 0 spiro atoms. The fraction of sp³-hybridized carbons (Fsp3) is 0.190. The molecule has 1 heterocycles. The van der Waals surface area contributed by atoms with Gasteiger partial charge in [-0.25, -0.2) is 4.98 Å². The van der Waals surface area contributed by atoms with Crippen LogP contribution in [0.5, 0.6) is 0 Å². The van der Waals surface area contributed by atoms with Gasteiger partial charge in [-0.3, -0.25) is 0 Å². The smallest absolute Gasteiger partial charge is 0.224 e. The van der Waals surface area contributed by atoms with Crippen molar-refractivity contribution in [1.29, 1.82) is 5.26 Å². The number of benzene rings is 2.